The molecule has 0 spiro atoms. The van der Waals surface area contributed by atoms with Gasteiger partial charge >= 0.3 is 0 Å². The number of aromatic amines is 1. The van der Waals surface area contributed by atoms with Crippen LogP contribution in [-0.4, -0.2) is 10.2 Å². The Kier molecular flexibility index (Phi) is 2.82. The zero-order valence-electron chi connectivity index (χ0n) is 11.4. The maximum absolute atomic E-state index is 5.69. The molecule has 21 heavy (non-hydrogen) atoms. The van der Waals surface area contributed by atoms with E-state index in [1.807, 2.05) is 42.5 Å². The van der Waals surface area contributed by atoms with Gasteiger partial charge < -0.3 is 4.42 Å². The molecule has 2 aromatic heterocycles. The first-order valence-corrected chi connectivity index (χ1v) is 6.95. The fourth-order valence-electron chi connectivity index (χ4n) is 2.64. The number of nitrogens with zero attached hydrogens (tertiary/aromatic N) is 1. The predicted molar refractivity (Wildman–Crippen MR) is 83.0 cm³/mol. The van der Waals surface area contributed by atoms with Crippen LogP contribution in [0.25, 0.3) is 22.2 Å². The van der Waals surface area contributed by atoms with Crippen molar-refractivity contribution in [3.8, 4) is 11.3 Å². The molecule has 2 aromatic carbocycles. The zero-order chi connectivity index (χ0) is 14.1. The van der Waals surface area contributed by atoms with Gasteiger partial charge in [-0.25, -0.2) is 0 Å². The number of benzene rings is 2. The summed E-state index contributed by atoms with van der Waals surface area (Å²) in [5, 5.41) is 8.65. The first kappa shape index (κ1) is 12.0. The van der Waals surface area contributed by atoms with Crippen LogP contribution in [0.1, 0.15) is 11.3 Å². The number of para-hydroxylation sites is 1. The molecule has 0 saturated carbocycles. The molecule has 0 fully saturated rings. The number of hydrogen-bond donors (Lipinski definition) is 1. The average molecular weight is 274 g/mol. The summed E-state index contributed by atoms with van der Waals surface area (Å²) in [5.74, 6) is 0.943. The van der Waals surface area contributed by atoms with Crippen LogP contribution in [0.2, 0.25) is 0 Å². The van der Waals surface area contributed by atoms with Gasteiger partial charge in [-0.1, -0.05) is 48.5 Å². The average Bonchev–Trinajstić information content (AvgIpc) is 3.14. The van der Waals surface area contributed by atoms with Crippen LogP contribution in [0.5, 0.6) is 0 Å². The highest BCUT2D eigenvalue weighted by Gasteiger charge is 2.14. The number of fused-ring (bicyclic) bond motifs is 1. The summed E-state index contributed by atoms with van der Waals surface area (Å²) in [7, 11) is 0. The maximum Gasteiger partial charge on any atom is 0.117 e. The molecule has 4 aromatic rings. The lowest BCUT2D eigenvalue weighted by Gasteiger charge is -2.01. The van der Waals surface area contributed by atoms with E-state index in [2.05, 4.69) is 28.4 Å². The van der Waals surface area contributed by atoms with Crippen LogP contribution in [-0.2, 0) is 6.42 Å². The molecule has 4 rings (SSSR count). The summed E-state index contributed by atoms with van der Waals surface area (Å²) in [6, 6.07) is 20.4. The van der Waals surface area contributed by atoms with Crippen LogP contribution in [0.3, 0.4) is 0 Å². The van der Waals surface area contributed by atoms with Crippen molar-refractivity contribution in [3.05, 3.63) is 78.3 Å². The van der Waals surface area contributed by atoms with E-state index in [-0.39, 0.29) is 0 Å². The van der Waals surface area contributed by atoms with E-state index in [0.29, 0.717) is 0 Å². The minimum Gasteiger partial charge on any atom is -0.468 e. The Bertz CT molecular complexity index is 874. The Hall–Kier alpha value is -2.81. The van der Waals surface area contributed by atoms with Crippen molar-refractivity contribution >= 4 is 10.9 Å². The SMILES string of the molecule is c1ccc(Cc2occc2-c2n[nH]c3ccccc23)cc1. The molecule has 102 valence electrons. The van der Waals surface area contributed by atoms with Gasteiger partial charge in [0, 0.05) is 17.4 Å². The molecule has 0 unspecified atom stereocenters. The molecule has 3 heteroatoms. The Labute approximate surface area is 122 Å². The van der Waals surface area contributed by atoms with Gasteiger partial charge in [0.05, 0.1) is 11.8 Å². The zero-order valence-corrected chi connectivity index (χ0v) is 11.4. The van der Waals surface area contributed by atoms with E-state index in [1.165, 1.54) is 5.56 Å². The minimum atomic E-state index is 0.768. The summed E-state index contributed by atoms with van der Waals surface area (Å²) in [6.07, 6.45) is 2.50. The molecule has 0 radical (unpaired) electrons. The first-order valence-electron chi connectivity index (χ1n) is 6.95. The lowest BCUT2D eigenvalue weighted by atomic mass is 10.0. The third-order valence-corrected chi connectivity index (χ3v) is 3.68. The number of H-pyrrole nitrogens is 1. The lowest BCUT2D eigenvalue weighted by molar-refractivity contribution is 0.522. The number of aromatic nitrogens is 2. The second-order valence-electron chi connectivity index (χ2n) is 5.04. The Balaban J connectivity index is 1.78. The molecular formula is C18H14N2O. The van der Waals surface area contributed by atoms with Crippen LogP contribution in [0.4, 0.5) is 0 Å². The fraction of sp³-hybridized carbons (Fsp3) is 0.0556. The Morgan fingerprint density at radius 1 is 0.905 bits per heavy atom. The lowest BCUT2D eigenvalue weighted by Crippen LogP contribution is -1.89. The summed E-state index contributed by atoms with van der Waals surface area (Å²) in [5.41, 5.74) is 4.27. The summed E-state index contributed by atoms with van der Waals surface area (Å²) in [6.45, 7) is 0. The van der Waals surface area contributed by atoms with Crippen molar-refractivity contribution in [2.24, 2.45) is 0 Å². The number of furan rings is 1. The van der Waals surface area contributed by atoms with Crippen LogP contribution >= 0.6 is 0 Å². The Morgan fingerprint density at radius 2 is 1.71 bits per heavy atom. The van der Waals surface area contributed by atoms with Crippen LogP contribution in [0.15, 0.2) is 71.3 Å². The third-order valence-electron chi connectivity index (χ3n) is 3.68. The van der Waals surface area contributed by atoms with Gasteiger partial charge in [0.1, 0.15) is 11.5 Å². The smallest absolute Gasteiger partial charge is 0.117 e. The predicted octanol–water partition coefficient (Wildman–Crippen LogP) is 4.41. The molecule has 0 aliphatic carbocycles. The van der Waals surface area contributed by atoms with E-state index >= 15 is 0 Å². The van der Waals surface area contributed by atoms with Crippen molar-refractivity contribution in [1.82, 2.24) is 10.2 Å². The normalized spacial score (nSPS) is 11.0. The highest BCUT2D eigenvalue weighted by atomic mass is 16.3. The van der Waals surface area contributed by atoms with Crippen molar-refractivity contribution < 1.29 is 4.42 Å². The van der Waals surface area contributed by atoms with E-state index in [4.69, 9.17) is 4.42 Å². The number of nitrogens with one attached hydrogen (secondary N) is 1. The van der Waals surface area contributed by atoms with E-state index in [0.717, 1.165) is 34.3 Å². The van der Waals surface area contributed by atoms with Gasteiger partial charge in [0.25, 0.3) is 0 Å². The van der Waals surface area contributed by atoms with Crippen molar-refractivity contribution in [2.45, 2.75) is 6.42 Å². The first-order chi connectivity index (χ1) is 10.4. The molecule has 3 nitrogen and oxygen atoms in total. The van der Waals surface area contributed by atoms with E-state index in [9.17, 15) is 0 Å². The molecule has 2 heterocycles. The van der Waals surface area contributed by atoms with Crippen molar-refractivity contribution in [3.63, 3.8) is 0 Å². The largest absolute Gasteiger partial charge is 0.468 e. The molecule has 0 amide bonds. The number of hydrogen-bond acceptors (Lipinski definition) is 2. The molecule has 0 atom stereocenters. The van der Waals surface area contributed by atoms with Gasteiger partial charge in [-0.15, -0.1) is 0 Å². The second kappa shape index (κ2) is 4.94. The monoisotopic (exact) mass is 274 g/mol. The van der Waals surface area contributed by atoms with E-state index in [1.54, 1.807) is 6.26 Å². The topological polar surface area (TPSA) is 41.8 Å². The molecule has 0 aliphatic heterocycles. The van der Waals surface area contributed by atoms with Crippen molar-refractivity contribution in [2.75, 3.05) is 0 Å². The van der Waals surface area contributed by atoms with Gasteiger partial charge in [0.2, 0.25) is 0 Å². The molecule has 0 saturated heterocycles. The summed E-state index contributed by atoms with van der Waals surface area (Å²) >= 11 is 0. The third kappa shape index (κ3) is 2.13. The Morgan fingerprint density at radius 3 is 2.62 bits per heavy atom. The fourth-order valence-corrected chi connectivity index (χ4v) is 2.64. The van der Waals surface area contributed by atoms with Gasteiger partial charge in [-0.2, -0.15) is 5.10 Å². The summed E-state index contributed by atoms with van der Waals surface area (Å²) < 4.78 is 5.69. The minimum absolute atomic E-state index is 0.768. The molecule has 0 bridgehead atoms. The maximum atomic E-state index is 5.69. The van der Waals surface area contributed by atoms with E-state index < -0.39 is 0 Å². The van der Waals surface area contributed by atoms with Crippen LogP contribution in [0, 0.1) is 0 Å². The summed E-state index contributed by atoms with van der Waals surface area (Å²) in [4.78, 5) is 0. The quantitative estimate of drug-likeness (QED) is 0.601. The van der Waals surface area contributed by atoms with Gasteiger partial charge in [-0.3, -0.25) is 5.10 Å². The van der Waals surface area contributed by atoms with Crippen molar-refractivity contribution in [1.29, 1.82) is 0 Å². The highest BCUT2D eigenvalue weighted by Crippen LogP contribution is 2.30. The van der Waals surface area contributed by atoms with Crippen LogP contribution < -0.4 is 0 Å². The highest BCUT2D eigenvalue weighted by molar-refractivity contribution is 5.93. The second-order valence-corrected chi connectivity index (χ2v) is 5.04. The standard InChI is InChI=1S/C18H14N2O/c1-2-6-13(7-3-1)12-17-15(10-11-21-17)18-14-8-4-5-9-16(14)19-20-18/h1-11H,12H2,(H,19,20). The van der Waals surface area contributed by atoms with Gasteiger partial charge in [0.15, 0.2) is 0 Å². The molecule has 1 N–H and O–H groups in total. The molecule has 0 aliphatic rings. The number of rotatable bonds is 3. The van der Waals surface area contributed by atoms with Gasteiger partial charge in [-0.05, 0) is 17.7 Å². The molecular weight excluding hydrogens is 260 g/mol.